The van der Waals surface area contributed by atoms with Gasteiger partial charge in [0, 0.05) is 17.3 Å². The average Bonchev–Trinajstić information content (AvgIpc) is 2.47. The molecule has 6 heteroatoms. The van der Waals surface area contributed by atoms with Crippen LogP contribution < -0.4 is 10.5 Å². The van der Waals surface area contributed by atoms with Gasteiger partial charge >= 0.3 is 0 Å². The number of benzene rings is 2. The van der Waals surface area contributed by atoms with E-state index in [9.17, 15) is 13.0 Å². The summed E-state index contributed by atoms with van der Waals surface area (Å²) in [6.07, 6.45) is 0. The first-order valence-corrected chi connectivity index (χ1v) is 7.51. The van der Waals surface area contributed by atoms with Crippen LogP contribution in [0.2, 0.25) is 0 Å². The van der Waals surface area contributed by atoms with Gasteiger partial charge in [-0.05, 0) is 12.1 Å². The Kier molecular flexibility index (Phi) is 4.57. The summed E-state index contributed by atoms with van der Waals surface area (Å²) < 4.78 is 45.6. The monoisotopic (exact) mass is 311 g/mol. The molecule has 1 unspecified atom stereocenters. The molecule has 0 aromatic heterocycles. The number of hydrogen-bond acceptors (Lipinski definition) is 3. The summed E-state index contributed by atoms with van der Waals surface area (Å²) >= 11 is 0. The van der Waals surface area contributed by atoms with Gasteiger partial charge in [-0.25, -0.2) is 8.78 Å². The maximum Gasteiger partial charge on any atom is 0.284 e. The maximum absolute atomic E-state index is 14.1. The lowest BCUT2D eigenvalue weighted by Gasteiger charge is -2.17. The van der Waals surface area contributed by atoms with Gasteiger partial charge in [0.1, 0.15) is 5.75 Å². The predicted octanol–water partition coefficient (Wildman–Crippen LogP) is 3.18. The Bertz CT molecular complexity index is 647. The minimum absolute atomic E-state index is 0.159. The molecule has 0 fully saturated rings. The van der Waals surface area contributed by atoms with E-state index < -0.39 is 22.5 Å². The molecule has 0 spiro atoms. The summed E-state index contributed by atoms with van der Waals surface area (Å²) in [6.45, 7) is 0. The number of rotatable bonds is 5. The Labute approximate surface area is 124 Å². The molecule has 0 saturated carbocycles. The van der Waals surface area contributed by atoms with Gasteiger partial charge < -0.3 is 10.5 Å². The molecule has 3 nitrogen and oxygen atoms in total. The minimum Gasteiger partial charge on any atom is -0.495 e. The molecule has 2 aromatic carbocycles. The topological polar surface area (TPSA) is 52.3 Å². The fraction of sp³-hybridized carbons (Fsp3) is 0.200. The number of hydrogen-bond donors (Lipinski definition) is 1. The maximum atomic E-state index is 14.1. The number of methoxy groups -OCH3 is 1. The zero-order chi connectivity index (χ0) is 15.5. The molecule has 0 aliphatic rings. The van der Waals surface area contributed by atoms with Gasteiger partial charge in [0.05, 0.1) is 28.6 Å². The number of ether oxygens (including phenoxy) is 1. The zero-order valence-corrected chi connectivity index (χ0v) is 12.2. The summed E-state index contributed by atoms with van der Waals surface area (Å²) in [5.41, 5.74) is 5.85. The standard InChI is InChI=1S/C15H15F2NO2S/c1-20-13-9-12(18)7-8-14(13)21(19)10-15(16,17)11-5-3-2-4-6-11/h2-9H,10,18H2,1H3. The number of alkyl halides is 2. The van der Waals surface area contributed by atoms with Crippen molar-refractivity contribution in [2.24, 2.45) is 0 Å². The van der Waals surface area contributed by atoms with Crippen LogP contribution in [0.4, 0.5) is 14.5 Å². The number of nitrogens with two attached hydrogens (primary N) is 1. The summed E-state index contributed by atoms with van der Waals surface area (Å²) in [4.78, 5) is 0.210. The Morgan fingerprint density at radius 3 is 2.48 bits per heavy atom. The fourth-order valence-electron chi connectivity index (χ4n) is 1.88. The molecule has 0 saturated heterocycles. The number of nitrogen functional groups attached to an aromatic ring is 1. The van der Waals surface area contributed by atoms with Crippen molar-refractivity contribution in [3.63, 3.8) is 0 Å². The van der Waals surface area contributed by atoms with Gasteiger partial charge in [-0.1, -0.05) is 30.3 Å². The van der Waals surface area contributed by atoms with Gasteiger partial charge in [0.25, 0.3) is 5.92 Å². The second-order valence-corrected chi connectivity index (χ2v) is 5.89. The van der Waals surface area contributed by atoms with E-state index in [1.165, 1.54) is 49.6 Å². The highest BCUT2D eigenvalue weighted by molar-refractivity contribution is 7.85. The lowest BCUT2D eigenvalue weighted by molar-refractivity contribution is 0.0222. The molecular weight excluding hydrogens is 296 g/mol. The van der Waals surface area contributed by atoms with E-state index in [4.69, 9.17) is 10.5 Å². The highest BCUT2D eigenvalue weighted by atomic mass is 32.2. The minimum atomic E-state index is -3.18. The lowest BCUT2D eigenvalue weighted by Crippen LogP contribution is -2.22. The van der Waals surface area contributed by atoms with Gasteiger partial charge in [-0.3, -0.25) is 4.21 Å². The first-order valence-electron chi connectivity index (χ1n) is 6.19. The molecule has 2 N–H and O–H groups in total. The van der Waals surface area contributed by atoms with Crippen molar-refractivity contribution in [3.8, 4) is 5.75 Å². The fourth-order valence-corrected chi connectivity index (χ4v) is 3.12. The molecule has 112 valence electrons. The van der Waals surface area contributed by atoms with Crippen LogP contribution in [0.3, 0.4) is 0 Å². The van der Waals surface area contributed by atoms with Crippen LogP contribution in [-0.2, 0) is 16.7 Å². The van der Waals surface area contributed by atoms with Crippen molar-refractivity contribution in [1.29, 1.82) is 0 Å². The van der Waals surface area contributed by atoms with Gasteiger partial charge in [-0.15, -0.1) is 0 Å². The molecule has 2 aromatic rings. The zero-order valence-electron chi connectivity index (χ0n) is 11.4. The Morgan fingerprint density at radius 1 is 1.19 bits per heavy atom. The molecule has 0 aliphatic carbocycles. The van der Waals surface area contributed by atoms with Crippen molar-refractivity contribution < 1.29 is 17.7 Å². The first-order chi connectivity index (χ1) is 9.94. The van der Waals surface area contributed by atoms with Crippen LogP contribution in [0.25, 0.3) is 0 Å². The van der Waals surface area contributed by atoms with Crippen molar-refractivity contribution in [3.05, 3.63) is 54.1 Å². The van der Waals surface area contributed by atoms with E-state index in [1.807, 2.05) is 0 Å². The third-order valence-corrected chi connectivity index (χ3v) is 4.39. The molecule has 0 amide bonds. The molecule has 0 heterocycles. The van der Waals surface area contributed by atoms with Crippen molar-refractivity contribution in [2.45, 2.75) is 10.8 Å². The molecule has 1 atom stereocenters. The highest BCUT2D eigenvalue weighted by Gasteiger charge is 2.34. The van der Waals surface area contributed by atoms with Crippen LogP contribution in [-0.4, -0.2) is 17.1 Å². The van der Waals surface area contributed by atoms with E-state index >= 15 is 0 Å². The quantitative estimate of drug-likeness (QED) is 0.863. The van der Waals surface area contributed by atoms with Gasteiger partial charge in [0.15, 0.2) is 0 Å². The summed E-state index contributed by atoms with van der Waals surface area (Å²) in [5.74, 6) is -3.74. The number of anilines is 1. The Balaban J connectivity index is 2.26. The normalized spacial score (nSPS) is 12.9. The smallest absolute Gasteiger partial charge is 0.284 e. The van der Waals surface area contributed by atoms with Crippen LogP contribution >= 0.6 is 0 Å². The SMILES string of the molecule is COc1cc(N)ccc1S(=O)CC(F)(F)c1ccccc1. The summed E-state index contributed by atoms with van der Waals surface area (Å²) in [7, 11) is -0.524. The molecule has 0 bridgehead atoms. The second kappa shape index (κ2) is 6.22. The van der Waals surface area contributed by atoms with E-state index in [-0.39, 0.29) is 16.2 Å². The summed E-state index contributed by atoms with van der Waals surface area (Å²) in [5, 5.41) is 0. The third-order valence-electron chi connectivity index (χ3n) is 2.94. The predicted molar refractivity (Wildman–Crippen MR) is 79.0 cm³/mol. The molecular formula is C15H15F2NO2S. The largest absolute Gasteiger partial charge is 0.495 e. The van der Waals surface area contributed by atoms with Gasteiger partial charge in [-0.2, -0.15) is 0 Å². The van der Waals surface area contributed by atoms with E-state index in [0.29, 0.717) is 5.69 Å². The number of halogens is 2. The third kappa shape index (κ3) is 3.58. The second-order valence-electron chi connectivity index (χ2n) is 4.47. The van der Waals surface area contributed by atoms with Crippen molar-refractivity contribution >= 4 is 16.5 Å². The first kappa shape index (κ1) is 15.4. The van der Waals surface area contributed by atoms with Crippen LogP contribution in [0.1, 0.15) is 5.56 Å². The molecule has 21 heavy (non-hydrogen) atoms. The van der Waals surface area contributed by atoms with Crippen LogP contribution in [0.15, 0.2) is 53.4 Å². The Morgan fingerprint density at radius 2 is 1.86 bits per heavy atom. The highest BCUT2D eigenvalue weighted by Crippen LogP contribution is 2.32. The molecule has 0 radical (unpaired) electrons. The van der Waals surface area contributed by atoms with Crippen molar-refractivity contribution in [2.75, 3.05) is 18.6 Å². The van der Waals surface area contributed by atoms with E-state index in [1.54, 1.807) is 6.07 Å². The Hall–Kier alpha value is -1.95. The molecule has 0 aliphatic heterocycles. The van der Waals surface area contributed by atoms with Crippen LogP contribution in [0.5, 0.6) is 5.75 Å². The van der Waals surface area contributed by atoms with E-state index in [0.717, 1.165) is 0 Å². The van der Waals surface area contributed by atoms with Crippen molar-refractivity contribution in [1.82, 2.24) is 0 Å². The van der Waals surface area contributed by atoms with Gasteiger partial charge in [0.2, 0.25) is 0 Å². The average molecular weight is 311 g/mol. The van der Waals surface area contributed by atoms with Crippen LogP contribution in [0, 0.1) is 0 Å². The summed E-state index contributed by atoms with van der Waals surface area (Å²) in [6, 6.07) is 11.8. The lowest BCUT2D eigenvalue weighted by atomic mass is 10.1. The van der Waals surface area contributed by atoms with E-state index in [2.05, 4.69) is 0 Å². The molecule has 2 rings (SSSR count).